The molecule has 0 aliphatic heterocycles. The van der Waals surface area contributed by atoms with Crippen LogP contribution in [-0.2, 0) is 0 Å². The van der Waals surface area contributed by atoms with Gasteiger partial charge in [0.1, 0.15) is 0 Å². The van der Waals surface area contributed by atoms with E-state index in [1.807, 2.05) is 0 Å². The predicted molar refractivity (Wildman–Crippen MR) is 48.3 cm³/mol. The van der Waals surface area contributed by atoms with Crippen molar-refractivity contribution in [2.75, 3.05) is 0 Å². The molecule has 0 spiro atoms. The Kier molecular flexibility index (Phi) is 4.25. The molecule has 0 rings (SSSR count). The molecule has 0 aromatic heterocycles. The lowest BCUT2D eigenvalue weighted by Gasteiger charge is -2.04. The molecule has 0 saturated heterocycles. The van der Waals surface area contributed by atoms with Crippen LogP contribution < -0.4 is 0 Å². The second-order valence-electron chi connectivity index (χ2n) is 2.50. The molecule has 0 aromatic carbocycles. The van der Waals surface area contributed by atoms with Crippen LogP contribution in [0.4, 0.5) is 13.2 Å². The van der Waals surface area contributed by atoms with E-state index >= 15 is 0 Å². The van der Waals surface area contributed by atoms with E-state index in [2.05, 4.69) is 13.2 Å². The van der Waals surface area contributed by atoms with Crippen molar-refractivity contribution in [2.45, 2.75) is 13.1 Å². The Labute approximate surface area is 75.8 Å². The summed E-state index contributed by atoms with van der Waals surface area (Å²) < 4.78 is 35.7. The highest BCUT2D eigenvalue weighted by Crippen LogP contribution is 2.24. The van der Waals surface area contributed by atoms with Crippen LogP contribution in [0.25, 0.3) is 0 Å². The fourth-order valence-electron chi connectivity index (χ4n) is 0.568. The molecule has 0 nitrogen and oxygen atoms in total. The van der Waals surface area contributed by atoms with E-state index in [1.54, 1.807) is 13.0 Å². The van der Waals surface area contributed by atoms with Gasteiger partial charge in [-0.2, -0.15) is 13.2 Å². The summed E-state index contributed by atoms with van der Waals surface area (Å²) in [6.45, 7) is 8.00. The van der Waals surface area contributed by atoms with E-state index in [0.717, 1.165) is 6.08 Å². The lowest BCUT2D eigenvalue weighted by atomic mass is 10.2. The molecule has 0 aliphatic carbocycles. The minimum absolute atomic E-state index is 0.695. The summed E-state index contributed by atoms with van der Waals surface area (Å²) in [6.07, 6.45) is 1.06. The Balaban J connectivity index is 4.38. The number of halogens is 3. The summed E-state index contributed by atoms with van der Waals surface area (Å²) in [5.41, 5.74) is -0.162. The van der Waals surface area contributed by atoms with Crippen molar-refractivity contribution in [2.24, 2.45) is 0 Å². The standard InChI is InChI=1S/C10H11F3/c1-4-5-8(2)6-7-9(3)10(11,12)13/h4-7H,1,3H2,2H3/b7-6-,8-5-. The third-order valence-corrected chi connectivity index (χ3v) is 1.29. The summed E-state index contributed by atoms with van der Waals surface area (Å²) in [4.78, 5) is 0. The number of hydrogen-bond acceptors (Lipinski definition) is 0. The summed E-state index contributed by atoms with van der Waals surface area (Å²) in [5.74, 6) is 0. The van der Waals surface area contributed by atoms with Crippen LogP contribution in [0, 0.1) is 0 Å². The molecule has 0 atom stereocenters. The monoisotopic (exact) mass is 188 g/mol. The van der Waals surface area contributed by atoms with Gasteiger partial charge in [0.2, 0.25) is 0 Å². The first kappa shape index (κ1) is 11.8. The van der Waals surface area contributed by atoms with E-state index < -0.39 is 11.7 Å². The first-order chi connectivity index (χ1) is 5.88. The Morgan fingerprint density at radius 2 is 1.77 bits per heavy atom. The molecular formula is C10H11F3. The largest absolute Gasteiger partial charge is 0.415 e. The Morgan fingerprint density at radius 1 is 1.23 bits per heavy atom. The Bertz CT molecular complexity index is 254. The Hall–Kier alpha value is -1.25. The van der Waals surface area contributed by atoms with Gasteiger partial charge in [0, 0.05) is 5.57 Å². The quantitative estimate of drug-likeness (QED) is 0.591. The molecular weight excluding hydrogens is 177 g/mol. The zero-order chi connectivity index (χ0) is 10.5. The fraction of sp³-hybridized carbons (Fsp3) is 0.200. The molecule has 0 amide bonds. The van der Waals surface area contributed by atoms with Gasteiger partial charge >= 0.3 is 6.18 Å². The van der Waals surface area contributed by atoms with Gasteiger partial charge in [-0.15, -0.1) is 0 Å². The van der Waals surface area contributed by atoms with E-state index in [4.69, 9.17) is 0 Å². The second-order valence-corrected chi connectivity index (χ2v) is 2.50. The molecule has 0 heterocycles. The molecule has 13 heavy (non-hydrogen) atoms. The molecule has 72 valence electrons. The van der Waals surface area contributed by atoms with Crippen molar-refractivity contribution in [3.63, 3.8) is 0 Å². The van der Waals surface area contributed by atoms with Crippen molar-refractivity contribution in [3.8, 4) is 0 Å². The van der Waals surface area contributed by atoms with Crippen LogP contribution in [0.3, 0.4) is 0 Å². The molecule has 0 bridgehead atoms. The maximum Gasteiger partial charge on any atom is 0.415 e. The average Bonchev–Trinajstić information content (AvgIpc) is 1.99. The first-order valence-electron chi connectivity index (χ1n) is 3.61. The SMILES string of the molecule is C=C/C=C(C)\C=C/C(=C)C(F)(F)F. The van der Waals surface area contributed by atoms with Gasteiger partial charge in [0.15, 0.2) is 0 Å². The molecule has 0 aliphatic rings. The van der Waals surface area contributed by atoms with Gasteiger partial charge in [-0.25, -0.2) is 0 Å². The first-order valence-corrected chi connectivity index (χ1v) is 3.61. The topological polar surface area (TPSA) is 0 Å². The zero-order valence-electron chi connectivity index (χ0n) is 7.36. The maximum atomic E-state index is 11.9. The van der Waals surface area contributed by atoms with Gasteiger partial charge in [-0.05, 0) is 6.92 Å². The third kappa shape index (κ3) is 5.06. The second kappa shape index (κ2) is 4.70. The summed E-state index contributed by atoms with van der Waals surface area (Å²) in [6, 6.07) is 0. The van der Waals surface area contributed by atoms with E-state index in [1.165, 1.54) is 12.2 Å². The lowest BCUT2D eigenvalue weighted by Crippen LogP contribution is -2.08. The van der Waals surface area contributed by atoms with E-state index in [0.29, 0.717) is 5.57 Å². The highest BCUT2D eigenvalue weighted by Gasteiger charge is 2.29. The van der Waals surface area contributed by atoms with Crippen molar-refractivity contribution in [3.05, 3.63) is 48.6 Å². The van der Waals surface area contributed by atoms with Gasteiger partial charge in [-0.3, -0.25) is 0 Å². The molecule has 0 aromatic rings. The maximum absolute atomic E-state index is 11.9. The highest BCUT2D eigenvalue weighted by atomic mass is 19.4. The third-order valence-electron chi connectivity index (χ3n) is 1.29. The normalized spacial score (nSPS) is 13.4. The Morgan fingerprint density at radius 3 is 2.15 bits per heavy atom. The van der Waals surface area contributed by atoms with Crippen LogP contribution in [0.2, 0.25) is 0 Å². The number of alkyl halides is 3. The highest BCUT2D eigenvalue weighted by molar-refractivity contribution is 5.29. The average molecular weight is 188 g/mol. The van der Waals surface area contributed by atoms with Gasteiger partial charge < -0.3 is 0 Å². The van der Waals surface area contributed by atoms with Gasteiger partial charge in [-0.1, -0.05) is 43.0 Å². The van der Waals surface area contributed by atoms with Gasteiger partial charge in [0.05, 0.1) is 0 Å². The molecule has 3 heteroatoms. The van der Waals surface area contributed by atoms with Crippen LogP contribution in [0.15, 0.2) is 48.6 Å². The summed E-state index contributed by atoms with van der Waals surface area (Å²) in [7, 11) is 0. The fourth-order valence-corrected chi connectivity index (χ4v) is 0.568. The minimum Gasteiger partial charge on any atom is -0.166 e. The van der Waals surface area contributed by atoms with Crippen molar-refractivity contribution in [1.82, 2.24) is 0 Å². The lowest BCUT2D eigenvalue weighted by molar-refractivity contribution is -0.0878. The van der Waals surface area contributed by atoms with Crippen molar-refractivity contribution >= 4 is 0 Å². The van der Waals surface area contributed by atoms with Crippen LogP contribution in [0.5, 0.6) is 0 Å². The van der Waals surface area contributed by atoms with E-state index in [9.17, 15) is 13.2 Å². The van der Waals surface area contributed by atoms with Crippen LogP contribution in [-0.4, -0.2) is 6.18 Å². The van der Waals surface area contributed by atoms with Crippen LogP contribution >= 0.6 is 0 Å². The summed E-state index contributed by atoms with van der Waals surface area (Å²) in [5, 5.41) is 0. The van der Waals surface area contributed by atoms with Gasteiger partial charge in [0.25, 0.3) is 0 Å². The van der Waals surface area contributed by atoms with Crippen molar-refractivity contribution in [1.29, 1.82) is 0 Å². The number of rotatable bonds is 3. The molecule has 0 unspecified atom stereocenters. The minimum atomic E-state index is -4.34. The molecule has 0 saturated carbocycles. The van der Waals surface area contributed by atoms with E-state index in [-0.39, 0.29) is 0 Å². The predicted octanol–water partition coefficient (Wildman–Crippen LogP) is 3.79. The van der Waals surface area contributed by atoms with Crippen LogP contribution in [0.1, 0.15) is 6.92 Å². The number of allylic oxidation sites excluding steroid dienone is 6. The summed E-state index contributed by atoms with van der Waals surface area (Å²) >= 11 is 0. The number of hydrogen-bond donors (Lipinski definition) is 0. The smallest absolute Gasteiger partial charge is 0.166 e. The molecule has 0 fully saturated rings. The molecule has 0 N–H and O–H groups in total. The molecule has 0 radical (unpaired) electrons. The zero-order valence-corrected chi connectivity index (χ0v) is 7.36. The van der Waals surface area contributed by atoms with Crippen molar-refractivity contribution < 1.29 is 13.2 Å².